The zero-order valence-corrected chi connectivity index (χ0v) is 20.7. The van der Waals surface area contributed by atoms with Crippen LogP contribution in [-0.2, 0) is 4.79 Å². The zero-order chi connectivity index (χ0) is 20.9. The monoisotopic (exact) mass is 734 g/mol. The molecule has 0 aliphatic carbocycles. The van der Waals surface area contributed by atoms with Crippen molar-refractivity contribution in [1.29, 1.82) is 0 Å². The number of halogens is 4. The van der Waals surface area contributed by atoms with Crippen molar-refractivity contribution in [2.24, 2.45) is 0 Å². The Bertz CT molecular complexity index is 790. The number of hydrogen-bond donors (Lipinski definition) is 5. The molecule has 12 heteroatoms. The van der Waals surface area contributed by atoms with Gasteiger partial charge in [-0.2, -0.15) is 0 Å². The minimum absolute atomic E-state index is 0.000275. The summed E-state index contributed by atoms with van der Waals surface area (Å²) in [7, 11) is 0. The van der Waals surface area contributed by atoms with Crippen molar-refractivity contribution in [3.05, 3.63) is 34.5 Å². The Hall–Kier alpha value is -0.0700. The highest BCUT2D eigenvalue weighted by molar-refractivity contribution is 14.1. The van der Waals surface area contributed by atoms with Crippen molar-refractivity contribution in [2.45, 2.75) is 5.54 Å². The average molecular weight is 734 g/mol. The minimum atomic E-state index is -1.66. The third kappa shape index (κ3) is 5.51. The van der Waals surface area contributed by atoms with Gasteiger partial charge in [0.1, 0.15) is 5.54 Å². The number of rotatable bonds is 8. The van der Waals surface area contributed by atoms with Crippen molar-refractivity contribution in [3.63, 3.8) is 0 Å². The maximum atomic E-state index is 12.8. The molecule has 0 aromatic heterocycles. The summed E-state index contributed by atoms with van der Waals surface area (Å²) in [5.74, 6) is -1.33. The molecule has 0 radical (unpaired) electrons. The number of carbonyl (C=O) groups is 3. The van der Waals surface area contributed by atoms with E-state index in [0.717, 1.165) is 6.08 Å². The third-order valence-electron chi connectivity index (χ3n) is 3.46. The first-order chi connectivity index (χ1) is 12.6. The van der Waals surface area contributed by atoms with Crippen molar-refractivity contribution in [1.82, 2.24) is 5.32 Å². The van der Waals surface area contributed by atoms with Gasteiger partial charge in [0, 0.05) is 3.57 Å². The number of amides is 2. The Morgan fingerprint density at radius 2 is 1.48 bits per heavy atom. The van der Waals surface area contributed by atoms with Gasteiger partial charge in [-0.15, -0.1) is 0 Å². The van der Waals surface area contributed by atoms with Crippen molar-refractivity contribution in [3.8, 4) is 0 Å². The lowest BCUT2D eigenvalue weighted by Gasteiger charge is -2.29. The van der Waals surface area contributed by atoms with Gasteiger partial charge in [-0.05, 0) is 85.4 Å². The van der Waals surface area contributed by atoms with Crippen LogP contribution in [0.15, 0.2) is 12.7 Å². The molecule has 1 aromatic carbocycles. The van der Waals surface area contributed by atoms with Gasteiger partial charge in [0.2, 0.25) is 5.91 Å². The van der Waals surface area contributed by atoms with Crippen LogP contribution < -0.4 is 10.6 Å². The van der Waals surface area contributed by atoms with E-state index in [1.54, 1.807) is 22.6 Å². The zero-order valence-electron chi connectivity index (χ0n) is 13.5. The van der Waals surface area contributed by atoms with Crippen LogP contribution in [0.4, 0.5) is 5.69 Å². The number of anilines is 1. The number of hydrogen-bond acceptors (Lipinski definition) is 6. The summed E-state index contributed by atoms with van der Waals surface area (Å²) in [6.07, 6.45) is 1.03. The van der Waals surface area contributed by atoms with Crippen LogP contribution >= 0.6 is 79.4 Å². The van der Waals surface area contributed by atoms with Gasteiger partial charge in [-0.3, -0.25) is 14.4 Å². The maximum absolute atomic E-state index is 12.8. The molecule has 0 spiro atoms. The maximum Gasteiger partial charge on any atom is 0.254 e. The number of nitrogens with one attached hydrogen (secondary N) is 2. The van der Waals surface area contributed by atoms with Gasteiger partial charge in [-0.25, -0.2) is 0 Å². The van der Waals surface area contributed by atoms with Crippen LogP contribution in [0.1, 0.15) is 20.7 Å². The third-order valence-corrected chi connectivity index (χ3v) is 6.89. The van der Waals surface area contributed by atoms with Gasteiger partial charge in [0.15, 0.2) is 0 Å². The fraction of sp³-hybridized carbons (Fsp3) is 0.267. The lowest BCUT2D eigenvalue weighted by atomic mass is 10.0. The van der Waals surface area contributed by atoms with Crippen LogP contribution in [-0.4, -0.2) is 57.7 Å². The second-order valence-electron chi connectivity index (χ2n) is 5.24. The normalized spacial score (nSPS) is 11.1. The molecule has 0 saturated heterocycles. The van der Waals surface area contributed by atoms with Crippen LogP contribution in [0.25, 0.3) is 0 Å². The Kier molecular flexibility index (Phi) is 9.83. The Morgan fingerprint density at radius 1 is 1.00 bits per heavy atom. The summed E-state index contributed by atoms with van der Waals surface area (Å²) in [5.41, 5.74) is -1.45. The molecule has 27 heavy (non-hydrogen) atoms. The first-order valence-corrected chi connectivity index (χ1v) is 10.7. The molecule has 2 amide bonds. The lowest BCUT2D eigenvalue weighted by Crippen LogP contribution is -2.57. The average Bonchev–Trinajstić information content (AvgIpc) is 2.62. The van der Waals surface area contributed by atoms with Crippen LogP contribution in [0.5, 0.6) is 0 Å². The Morgan fingerprint density at radius 3 is 1.89 bits per heavy atom. The fourth-order valence-electron chi connectivity index (χ4n) is 1.89. The largest absolute Gasteiger partial charge is 0.394 e. The van der Waals surface area contributed by atoms with E-state index in [-0.39, 0.29) is 20.4 Å². The van der Waals surface area contributed by atoms with E-state index < -0.39 is 42.4 Å². The van der Waals surface area contributed by atoms with E-state index in [4.69, 9.17) is 11.6 Å². The summed E-state index contributed by atoms with van der Waals surface area (Å²) >= 11 is 11.1. The molecule has 0 aliphatic rings. The standard InChI is InChI=1S/C15H14ClI3N2O6/c1-2-6(25)20-12-10(18)7(13(16)26)9(17)8(11(12)19)14(27)21-15(3-22,4-23)5-24/h2,22-24H,1,3-5H2,(H,20,25)(H,21,27). The smallest absolute Gasteiger partial charge is 0.254 e. The molecule has 0 aliphatic heterocycles. The molecule has 0 fully saturated rings. The molecule has 1 aromatic rings. The fourth-order valence-corrected chi connectivity index (χ4v) is 6.82. The Labute approximate surface area is 200 Å². The van der Waals surface area contributed by atoms with Crippen LogP contribution in [0.2, 0.25) is 0 Å². The second-order valence-corrected chi connectivity index (χ2v) is 8.82. The predicted octanol–water partition coefficient (Wildman–Crippen LogP) is 1.45. The highest BCUT2D eigenvalue weighted by Crippen LogP contribution is 2.36. The second kappa shape index (κ2) is 10.6. The van der Waals surface area contributed by atoms with Gasteiger partial charge in [0.25, 0.3) is 11.1 Å². The quantitative estimate of drug-likeness (QED) is 0.156. The number of carbonyl (C=O) groups excluding carboxylic acids is 3. The summed E-state index contributed by atoms with van der Waals surface area (Å²) in [5, 5.41) is 32.3. The van der Waals surface area contributed by atoms with E-state index in [1.165, 1.54) is 0 Å². The molecule has 0 unspecified atom stereocenters. The van der Waals surface area contributed by atoms with Crippen LogP contribution in [0, 0.1) is 10.7 Å². The number of aliphatic hydroxyl groups excluding tert-OH is 3. The molecular weight excluding hydrogens is 720 g/mol. The summed E-state index contributed by atoms with van der Waals surface area (Å²) in [6, 6.07) is 0. The molecule has 5 N–H and O–H groups in total. The molecule has 8 nitrogen and oxygen atoms in total. The first-order valence-electron chi connectivity index (χ1n) is 7.07. The van der Waals surface area contributed by atoms with E-state index in [0.29, 0.717) is 7.14 Å². The van der Waals surface area contributed by atoms with Crippen LogP contribution in [0.3, 0.4) is 0 Å². The first kappa shape index (κ1) is 25.0. The molecule has 0 bridgehead atoms. The molecule has 148 valence electrons. The topological polar surface area (TPSA) is 136 Å². The number of aliphatic hydroxyl groups is 3. The highest BCUT2D eigenvalue weighted by Gasteiger charge is 2.34. The minimum Gasteiger partial charge on any atom is -0.394 e. The molecule has 0 atom stereocenters. The van der Waals surface area contributed by atoms with E-state index in [2.05, 4.69) is 17.2 Å². The van der Waals surface area contributed by atoms with Gasteiger partial charge in [0.05, 0.1) is 43.8 Å². The van der Waals surface area contributed by atoms with Crippen molar-refractivity contribution in [2.75, 3.05) is 25.1 Å². The van der Waals surface area contributed by atoms with E-state index in [1.807, 2.05) is 45.2 Å². The SMILES string of the molecule is C=CC(=O)Nc1c(I)c(C(=O)Cl)c(I)c(C(=O)NC(CO)(CO)CO)c1I. The molecular formula is C15H14ClI3N2O6. The summed E-state index contributed by atoms with van der Waals surface area (Å²) < 4.78 is 0.864. The number of benzene rings is 1. The Balaban J connectivity index is 3.66. The lowest BCUT2D eigenvalue weighted by molar-refractivity contribution is -0.111. The molecule has 0 heterocycles. The summed E-state index contributed by atoms with van der Waals surface area (Å²) in [4.78, 5) is 36.5. The van der Waals surface area contributed by atoms with Gasteiger partial charge in [-0.1, -0.05) is 6.58 Å². The van der Waals surface area contributed by atoms with E-state index in [9.17, 15) is 29.7 Å². The van der Waals surface area contributed by atoms with E-state index >= 15 is 0 Å². The van der Waals surface area contributed by atoms with Gasteiger partial charge >= 0.3 is 0 Å². The van der Waals surface area contributed by atoms with Gasteiger partial charge < -0.3 is 26.0 Å². The van der Waals surface area contributed by atoms with Crippen molar-refractivity contribution >= 4 is 102 Å². The summed E-state index contributed by atoms with van der Waals surface area (Å²) in [6.45, 7) is 1.20. The van der Waals surface area contributed by atoms with Crippen molar-refractivity contribution < 1.29 is 29.7 Å². The molecule has 0 saturated carbocycles. The highest BCUT2D eigenvalue weighted by atomic mass is 127. The molecule has 1 rings (SSSR count). The predicted molar refractivity (Wildman–Crippen MR) is 125 cm³/mol.